The van der Waals surface area contributed by atoms with E-state index in [9.17, 15) is 27.6 Å². The number of sulfone groups is 1. The number of esters is 2. The van der Waals surface area contributed by atoms with Gasteiger partial charge in [-0.2, -0.15) is 0 Å². The van der Waals surface area contributed by atoms with Gasteiger partial charge in [-0.15, -0.1) is 0 Å². The molecule has 0 aromatic heterocycles. The van der Waals surface area contributed by atoms with Crippen LogP contribution in [0.5, 0.6) is 0 Å². The number of methoxy groups -OCH3 is 2. The molecule has 0 bridgehead atoms. The molecular weight excluding hydrogens is 364 g/mol. The Morgan fingerprint density at radius 2 is 1.54 bits per heavy atom. The summed E-state index contributed by atoms with van der Waals surface area (Å²) in [4.78, 5) is 47.3. The Balaban J connectivity index is 2.83. The third-order valence-electron chi connectivity index (χ3n) is 3.65. The van der Waals surface area contributed by atoms with Crippen LogP contribution in [0, 0.1) is 6.92 Å². The van der Waals surface area contributed by atoms with E-state index in [2.05, 4.69) is 9.47 Å². The Morgan fingerprint density at radius 3 is 2.08 bits per heavy atom. The first-order valence-corrected chi connectivity index (χ1v) is 8.67. The van der Waals surface area contributed by atoms with E-state index in [4.69, 9.17) is 0 Å². The first kappa shape index (κ1) is 19.3. The van der Waals surface area contributed by atoms with Crippen LogP contribution in [-0.2, 0) is 38.5 Å². The number of ether oxygens (including phenoxy) is 2. The normalized spacial score (nSPS) is 14.8. The SMILES string of the molecule is COC(=O)C1=CC(=O)C(C(=O)OC)=C(S(=O)(=O)c2ccccc2C)C1=O. The van der Waals surface area contributed by atoms with E-state index in [0.29, 0.717) is 11.6 Å². The molecule has 1 aliphatic rings. The minimum atomic E-state index is -4.59. The highest BCUT2D eigenvalue weighted by Crippen LogP contribution is 2.31. The highest BCUT2D eigenvalue weighted by atomic mass is 32.2. The number of allylic oxidation sites excluding steroid dienone is 2. The van der Waals surface area contributed by atoms with Gasteiger partial charge < -0.3 is 9.47 Å². The fourth-order valence-corrected chi connectivity index (χ4v) is 4.17. The molecular formula is C17H14O8S. The van der Waals surface area contributed by atoms with Crippen LogP contribution >= 0.6 is 0 Å². The van der Waals surface area contributed by atoms with Gasteiger partial charge in [-0.05, 0) is 18.6 Å². The molecule has 0 atom stereocenters. The molecule has 0 spiro atoms. The minimum Gasteiger partial charge on any atom is -0.465 e. The van der Waals surface area contributed by atoms with Crippen LogP contribution in [0.25, 0.3) is 0 Å². The molecule has 1 aromatic carbocycles. The predicted molar refractivity (Wildman–Crippen MR) is 87.5 cm³/mol. The number of aryl methyl sites for hydroxylation is 1. The molecule has 26 heavy (non-hydrogen) atoms. The maximum Gasteiger partial charge on any atom is 0.343 e. The van der Waals surface area contributed by atoms with Crippen molar-refractivity contribution in [2.75, 3.05) is 14.2 Å². The summed E-state index contributed by atoms with van der Waals surface area (Å²) in [6.07, 6.45) is 0.567. The summed E-state index contributed by atoms with van der Waals surface area (Å²) in [5.74, 6) is -4.93. The van der Waals surface area contributed by atoms with Crippen LogP contribution in [0.3, 0.4) is 0 Å². The molecule has 0 unspecified atom stereocenters. The number of ketones is 2. The van der Waals surface area contributed by atoms with Crippen molar-refractivity contribution in [3.8, 4) is 0 Å². The van der Waals surface area contributed by atoms with Gasteiger partial charge in [0.2, 0.25) is 15.6 Å². The first-order chi connectivity index (χ1) is 12.2. The van der Waals surface area contributed by atoms with E-state index >= 15 is 0 Å². The van der Waals surface area contributed by atoms with Gasteiger partial charge in [0.05, 0.1) is 19.1 Å². The number of Topliss-reactive ketones (excluding diaryl/α,β-unsaturated/α-hetero) is 1. The van der Waals surface area contributed by atoms with E-state index in [-0.39, 0.29) is 4.90 Å². The Labute approximate surface area is 149 Å². The molecule has 1 aliphatic carbocycles. The second-order valence-corrected chi connectivity index (χ2v) is 7.06. The maximum absolute atomic E-state index is 13.0. The average Bonchev–Trinajstić information content (AvgIpc) is 2.61. The van der Waals surface area contributed by atoms with E-state index in [1.165, 1.54) is 25.1 Å². The molecule has 136 valence electrons. The lowest BCUT2D eigenvalue weighted by atomic mass is 9.97. The Morgan fingerprint density at radius 1 is 0.962 bits per heavy atom. The molecule has 1 aromatic rings. The summed E-state index contributed by atoms with van der Waals surface area (Å²) < 4.78 is 34.9. The summed E-state index contributed by atoms with van der Waals surface area (Å²) in [5, 5.41) is 0. The van der Waals surface area contributed by atoms with Gasteiger partial charge in [-0.25, -0.2) is 18.0 Å². The quantitative estimate of drug-likeness (QED) is 0.420. The van der Waals surface area contributed by atoms with Gasteiger partial charge in [0.25, 0.3) is 0 Å². The van der Waals surface area contributed by atoms with Crippen molar-refractivity contribution in [2.24, 2.45) is 0 Å². The van der Waals surface area contributed by atoms with Gasteiger partial charge in [-0.3, -0.25) is 9.59 Å². The van der Waals surface area contributed by atoms with E-state index in [0.717, 1.165) is 14.2 Å². The summed E-state index contributed by atoms with van der Waals surface area (Å²) in [5.41, 5.74) is -1.44. The second-order valence-electron chi connectivity index (χ2n) is 5.21. The molecule has 0 radical (unpaired) electrons. The summed E-state index contributed by atoms with van der Waals surface area (Å²) in [6, 6.07) is 5.71. The standard InChI is InChI=1S/C17H14O8S/c1-9-6-4-5-7-12(9)26(22,23)15-13(17(21)25-3)11(18)8-10(14(15)19)16(20)24-2/h4-8H,1-3H3. The number of rotatable bonds is 4. The van der Waals surface area contributed by atoms with Crippen molar-refractivity contribution in [1.29, 1.82) is 0 Å². The number of hydrogen-bond donors (Lipinski definition) is 0. The average molecular weight is 378 g/mol. The fourth-order valence-electron chi connectivity index (χ4n) is 2.40. The Bertz CT molecular complexity index is 995. The van der Waals surface area contributed by atoms with Crippen molar-refractivity contribution >= 4 is 33.3 Å². The number of carbonyl (C=O) groups is 4. The van der Waals surface area contributed by atoms with Crippen molar-refractivity contribution in [2.45, 2.75) is 11.8 Å². The van der Waals surface area contributed by atoms with E-state index < -0.39 is 49.4 Å². The molecule has 0 saturated carbocycles. The zero-order valence-corrected chi connectivity index (χ0v) is 14.9. The topological polar surface area (TPSA) is 121 Å². The van der Waals surface area contributed by atoms with Crippen molar-refractivity contribution in [3.05, 3.63) is 52.0 Å². The van der Waals surface area contributed by atoms with Gasteiger partial charge in [0.15, 0.2) is 5.78 Å². The van der Waals surface area contributed by atoms with Crippen molar-refractivity contribution in [3.63, 3.8) is 0 Å². The third-order valence-corrected chi connectivity index (χ3v) is 5.61. The molecule has 0 aliphatic heterocycles. The van der Waals surface area contributed by atoms with Gasteiger partial charge in [0.1, 0.15) is 16.1 Å². The zero-order chi connectivity index (χ0) is 19.6. The molecule has 0 N–H and O–H groups in total. The predicted octanol–water partition coefficient (Wildman–Crippen LogP) is 0.447. The lowest BCUT2D eigenvalue weighted by Crippen LogP contribution is -2.32. The number of hydrogen-bond acceptors (Lipinski definition) is 8. The third kappa shape index (κ3) is 3.08. The molecule has 0 saturated heterocycles. The van der Waals surface area contributed by atoms with Crippen LogP contribution in [-0.4, -0.2) is 46.1 Å². The van der Waals surface area contributed by atoms with E-state index in [1.54, 1.807) is 6.07 Å². The fraction of sp³-hybridized carbons (Fsp3) is 0.176. The molecule has 0 fully saturated rings. The number of carbonyl (C=O) groups excluding carboxylic acids is 4. The summed E-state index contributed by atoms with van der Waals surface area (Å²) in [6.45, 7) is 1.48. The minimum absolute atomic E-state index is 0.274. The zero-order valence-electron chi connectivity index (χ0n) is 14.1. The molecule has 9 heteroatoms. The van der Waals surface area contributed by atoms with Gasteiger partial charge in [-0.1, -0.05) is 18.2 Å². The van der Waals surface area contributed by atoms with Gasteiger partial charge in [0, 0.05) is 6.08 Å². The van der Waals surface area contributed by atoms with Crippen LogP contribution in [0.4, 0.5) is 0 Å². The molecule has 8 nitrogen and oxygen atoms in total. The lowest BCUT2D eigenvalue weighted by Gasteiger charge is -2.17. The van der Waals surface area contributed by atoms with Crippen LogP contribution < -0.4 is 0 Å². The van der Waals surface area contributed by atoms with Crippen molar-refractivity contribution < 1.29 is 37.1 Å². The highest BCUT2D eigenvalue weighted by Gasteiger charge is 2.43. The van der Waals surface area contributed by atoms with Crippen LogP contribution in [0.1, 0.15) is 5.56 Å². The largest absolute Gasteiger partial charge is 0.465 e. The summed E-state index contributed by atoms with van der Waals surface area (Å²) in [7, 11) is -2.69. The van der Waals surface area contributed by atoms with Crippen molar-refractivity contribution in [1.82, 2.24) is 0 Å². The van der Waals surface area contributed by atoms with E-state index in [1.807, 2.05) is 0 Å². The van der Waals surface area contributed by atoms with Crippen LogP contribution in [0.2, 0.25) is 0 Å². The molecule has 2 rings (SSSR count). The Hall–Kier alpha value is -3.07. The maximum atomic E-state index is 13.0. The first-order valence-electron chi connectivity index (χ1n) is 7.19. The molecule has 0 amide bonds. The lowest BCUT2D eigenvalue weighted by molar-refractivity contribution is -0.140. The Kier molecular flexibility index (Phi) is 5.22. The highest BCUT2D eigenvalue weighted by molar-refractivity contribution is 7.96. The van der Waals surface area contributed by atoms with Gasteiger partial charge >= 0.3 is 11.9 Å². The second kappa shape index (κ2) is 7.04. The molecule has 0 heterocycles. The number of benzene rings is 1. The summed E-state index contributed by atoms with van der Waals surface area (Å²) >= 11 is 0. The smallest absolute Gasteiger partial charge is 0.343 e. The van der Waals surface area contributed by atoms with Crippen LogP contribution in [0.15, 0.2) is 51.3 Å². The monoisotopic (exact) mass is 378 g/mol.